The highest BCUT2D eigenvalue weighted by Gasteiger charge is 2.14. The molecule has 0 fully saturated rings. The number of benzene rings is 1. The fraction of sp³-hybridized carbons (Fsp3) is 0.312. The average molecular weight is 274 g/mol. The van der Waals surface area contributed by atoms with E-state index in [9.17, 15) is 9.18 Å². The monoisotopic (exact) mass is 274 g/mol. The zero-order valence-electron chi connectivity index (χ0n) is 11.6. The van der Waals surface area contributed by atoms with Gasteiger partial charge in [-0.1, -0.05) is 25.1 Å². The van der Waals surface area contributed by atoms with Gasteiger partial charge in [0.25, 0.3) is 0 Å². The number of rotatable bonds is 6. The van der Waals surface area contributed by atoms with Crippen molar-refractivity contribution in [3.8, 4) is 0 Å². The molecule has 0 saturated carbocycles. The van der Waals surface area contributed by atoms with Gasteiger partial charge in [-0.05, 0) is 19.0 Å². The van der Waals surface area contributed by atoms with E-state index in [4.69, 9.17) is 0 Å². The van der Waals surface area contributed by atoms with Gasteiger partial charge in [0.1, 0.15) is 5.82 Å². The maximum absolute atomic E-state index is 13.9. The van der Waals surface area contributed by atoms with Crippen molar-refractivity contribution < 1.29 is 4.39 Å². The Morgan fingerprint density at radius 3 is 2.55 bits per heavy atom. The third-order valence-corrected chi connectivity index (χ3v) is 3.18. The number of aromatic nitrogens is 1. The number of hydrogen-bond acceptors (Lipinski definition) is 2. The third-order valence-electron chi connectivity index (χ3n) is 3.18. The molecule has 1 unspecified atom stereocenters. The molecule has 1 N–H and O–H groups in total. The van der Waals surface area contributed by atoms with Crippen molar-refractivity contribution in [3.63, 3.8) is 0 Å². The van der Waals surface area contributed by atoms with E-state index < -0.39 is 0 Å². The molecule has 0 aliphatic carbocycles. The van der Waals surface area contributed by atoms with E-state index in [1.54, 1.807) is 24.5 Å². The highest BCUT2D eigenvalue weighted by atomic mass is 19.1. The Hall–Kier alpha value is -1.94. The largest absolute Gasteiger partial charge is 0.352 e. The summed E-state index contributed by atoms with van der Waals surface area (Å²) in [6, 6.07) is 9.71. The maximum atomic E-state index is 13.9. The molecular formula is C16H19FN2O. The van der Waals surface area contributed by atoms with E-state index >= 15 is 0 Å². The zero-order valence-corrected chi connectivity index (χ0v) is 11.6. The Bertz CT molecular complexity index is 589. The summed E-state index contributed by atoms with van der Waals surface area (Å²) in [5.74, 6) is -0.206. The second-order valence-electron chi connectivity index (χ2n) is 4.76. The topological polar surface area (TPSA) is 34.0 Å². The molecule has 0 saturated heterocycles. The lowest BCUT2D eigenvalue weighted by Gasteiger charge is -2.21. The number of nitrogens with one attached hydrogen (secondary N) is 1. The number of hydrogen-bond donors (Lipinski definition) is 1. The van der Waals surface area contributed by atoms with Gasteiger partial charge >= 0.3 is 0 Å². The quantitative estimate of drug-likeness (QED) is 0.879. The number of pyridine rings is 1. The van der Waals surface area contributed by atoms with Crippen LogP contribution in [0.25, 0.3) is 0 Å². The van der Waals surface area contributed by atoms with Gasteiger partial charge in [0.15, 0.2) is 5.43 Å². The molecule has 0 aliphatic heterocycles. The summed E-state index contributed by atoms with van der Waals surface area (Å²) < 4.78 is 15.8. The Labute approximate surface area is 118 Å². The summed E-state index contributed by atoms with van der Waals surface area (Å²) in [7, 11) is 0. The molecule has 3 nitrogen and oxygen atoms in total. The van der Waals surface area contributed by atoms with Crippen molar-refractivity contribution in [3.05, 3.63) is 70.4 Å². The lowest BCUT2D eigenvalue weighted by Crippen LogP contribution is -2.27. The lowest BCUT2D eigenvalue weighted by molar-refractivity contribution is 0.443. The van der Waals surface area contributed by atoms with E-state index in [0.717, 1.165) is 13.0 Å². The molecule has 1 heterocycles. The standard InChI is InChI=1S/C16H19FN2O/c1-2-9-18-16(14-5-3-4-6-15(14)17)12-19-10-7-13(20)8-11-19/h3-8,10-11,16,18H,2,9,12H2,1H3. The fourth-order valence-corrected chi connectivity index (χ4v) is 2.13. The summed E-state index contributed by atoms with van der Waals surface area (Å²) >= 11 is 0. The van der Waals surface area contributed by atoms with Crippen molar-refractivity contribution in [2.75, 3.05) is 6.54 Å². The van der Waals surface area contributed by atoms with Gasteiger partial charge in [0, 0.05) is 36.6 Å². The van der Waals surface area contributed by atoms with E-state index in [0.29, 0.717) is 12.1 Å². The van der Waals surface area contributed by atoms with Crippen LogP contribution in [0.3, 0.4) is 0 Å². The van der Waals surface area contributed by atoms with Gasteiger partial charge in [-0.2, -0.15) is 0 Å². The average Bonchev–Trinajstić information content (AvgIpc) is 2.46. The molecule has 4 heteroatoms. The first kappa shape index (κ1) is 14.5. The maximum Gasteiger partial charge on any atom is 0.181 e. The highest BCUT2D eigenvalue weighted by Crippen LogP contribution is 2.18. The fourth-order valence-electron chi connectivity index (χ4n) is 2.13. The molecule has 1 atom stereocenters. The highest BCUT2D eigenvalue weighted by molar-refractivity contribution is 5.21. The van der Waals surface area contributed by atoms with Gasteiger partial charge in [-0.25, -0.2) is 4.39 Å². The van der Waals surface area contributed by atoms with Crippen LogP contribution in [-0.2, 0) is 6.54 Å². The van der Waals surface area contributed by atoms with E-state index in [-0.39, 0.29) is 17.3 Å². The first-order chi connectivity index (χ1) is 9.70. The molecule has 1 aromatic carbocycles. The molecule has 20 heavy (non-hydrogen) atoms. The Morgan fingerprint density at radius 2 is 1.90 bits per heavy atom. The van der Waals surface area contributed by atoms with Crippen LogP contribution >= 0.6 is 0 Å². The van der Waals surface area contributed by atoms with Crippen LogP contribution in [0.1, 0.15) is 24.9 Å². The van der Waals surface area contributed by atoms with Crippen molar-refractivity contribution in [2.24, 2.45) is 0 Å². The first-order valence-electron chi connectivity index (χ1n) is 6.84. The zero-order chi connectivity index (χ0) is 14.4. The number of halogens is 1. The van der Waals surface area contributed by atoms with Crippen molar-refractivity contribution in [2.45, 2.75) is 25.9 Å². The molecule has 2 rings (SSSR count). The summed E-state index contributed by atoms with van der Waals surface area (Å²) in [4.78, 5) is 11.1. The Kier molecular flexibility index (Phi) is 5.07. The summed E-state index contributed by atoms with van der Waals surface area (Å²) in [5.41, 5.74) is 0.629. The third kappa shape index (κ3) is 3.78. The molecule has 2 aromatic rings. The van der Waals surface area contributed by atoms with Crippen LogP contribution in [0.4, 0.5) is 4.39 Å². The van der Waals surface area contributed by atoms with Crippen LogP contribution < -0.4 is 10.7 Å². The molecule has 106 valence electrons. The van der Waals surface area contributed by atoms with Crippen LogP contribution in [-0.4, -0.2) is 11.1 Å². The van der Waals surface area contributed by atoms with Crippen LogP contribution in [0.15, 0.2) is 53.6 Å². The van der Waals surface area contributed by atoms with Gasteiger partial charge in [0.05, 0.1) is 6.04 Å². The normalized spacial score (nSPS) is 12.3. The smallest absolute Gasteiger partial charge is 0.181 e. The van der Waals surface area contributed by atoms with Gasteiger partial charge in [-0.15, -0.1) is 0 Å². The minimum atomic E-state index is -0.206. The molecule has 0 spiro atoms. The summed E-state index contributed by atoms with van der Waals surface area (Å²) in [5, 5.41) is 3.35. The predicted molar refractivity (Wildman–Crippen MR) is 78.1 cm³/mol. The van der Waals surface area contributed by atoms with Crippen molar-refractivity contribution in [1.29, 1.82) is 0 Å². The van der Waals surface area contributed by atoms with Crippen LogP contribution in [0, 0.1) is 5.82 Å². The molecule has 0 radical (unpaired) electrons. The van der Waals surface area contributed by atoms with Gasteiger partial charge < -0.3 is 9.88 Å². The minimum absolute atomic E-state index is 0.0230. The Balaban J connectivity index is 2.21. The van der Waals surface area contributed by atoms with E-state index in [1.165, 1.54) is 18.2 Å². The number of nitrogens with zero attached hydrogens (tertiary/aromatic N) is 1. The molecule has 0 amide bonds. The Morgan fingerprint density at radius 1 is 1.20 bits per heavy atom. The molecule has 0 bridgehead atoms. The van der Waals surface area contributed by atoms with Crippen molar-refractivity contribution >= 4 is 0 Å². The molecule has 0 aliphatic rings. The van der Waals surface area contributed by atoms with E-state index in [1.807, 2.05) is 10.6 Å². The summed E-state index contributed by atoms with van der Waals surface area (Å²) in [6.45, 7) is 3.48. The van der Waals surface area contributed by atoms with Crippen LogP contribution in [0.2, 0.25) is 0 Å². The molecule has 1 aromatic heterocycles. The minimum Gasteiger partial charge on any atom is -0.352 e. The predicted octanol–water partition coefficient (Wildman–Crippen LogP) is 2.73. The SMILES string of the molecule is CCCNC(Cn1ccc(=O)cc1)c1ccccc1F. The van der Waals surface area contributed by atoms with Crippen molar-refractivity contribution in [1.82, 2.24) is 9.88 Å². The second-order valence-corrected chi connectivity index (χ2v) is 4.76. The van der Waals surface area contributed by atoms with E-state index in [2.05, 4.69) is 12.2 Å². The molecular weight excluding hydrogens is 255 g/mol. The first-order valence-corrected chi connectivity index (χ1v) is 6.84. The lowest BCUT2D eigenvalue weighted by atomic mass is 10.1. The van der Waals surface area contributed by atoms with Gasteiger partial charge in [0.2, 0.25) is 0 Å². The van der Waals surface area contributed by atoms with Gasteiger partial charge in [-0.3, -0.25) is 4.79 Å². The van der Waals surface area contributed by atoms with Crippen LogP contribution in [0.5, 0.6) is 0 Å². The second kappa shape index (κ2) is 7.01. The summed E-state index contributed by atoms with van der Waals surface area (Å²) in [6.07, 6.45) is 4.43.